The second kappa shape index (κ2) is 11.5. The van der Waals surface area contributed by atoms with Gasteiger partial charge in [-0.25, -0.2) is 4.79 Å². The van der Waals surface area contributed by atoms with Crippen LogP contribution in [0.3, 0.4) is 0 Å². The maximum atomic E-state index is 12.8. The molecular formula is C28H39F3N2O3. The molecule has 1 N–H and O–H groups in total. The lowest BCUT2D eigenvalue weighted by atomic mass is 9.84. The number of nitrogens with zero attached hydrogens (tertiary/aromatic N) is 2. The number of carbonyl (C=O) groups excluding carboxylic acids is 1. The van der Waals surface area contributed by atoms with Crippen LogP contribution >= 0.6 is 0 Å². The third-order valence-electron chi connectivity index (χ3n) is 8.66. The summed E-state index contributed by atoms with van der Waals surface area (Å²) in [4.78, 5) is 26.8. The quantitative estimate of drug-likeness (QED) is 0.564. The molecule has 8 heteroatoms. The Kier molecular flexibility index (Phi) is 8.63. The first-order valence-electron chi connectivity index (χ1n) is 13.6. The standard InChI is InChI=1S/C26H38N2O.C2HF3O2/c29-25-12-14-26(28(25)20-21-6-2-1-3-7-21)13-5-16-27(17-15-26)19-22-10-11-23-8-4-9-24(23)18-22;3-2(4,5)1(6)7/h10-11,18,21H,1-9,12-17,19-20H2;(H,6,7). The normalized spacial score (nSPS) is 25.4. The molecule has 2 aliphatic carbocycles. The molecule has 1 atom stereocenters. The minimum atomic E-state index is -5.08. The van der Waals surface area contributed by atoms with Crippen LogP contribution in [0, 0.1) is 5.92 Å². The molecule has 1 aromatic carbocycles. The number of benzene rings is 1. The second-order valence-corrected chi connectivity index (χ2v) is 11.1. The number of alkyl halides is 3. The fourth-order valence-electron chi connectivity index (χ4n) is 6.69. The summed E-state index contributed by atoms with van der Waals surface area (Å²) < 4.78 is 31.7. The van der Waals surface area contributed by atoms with E-state index in [0.29, 0.717) is 5.91 Å². The summed E-state index contributed by atoms with van der Waals surface area (Å²) in [5, 5.41) is 7.12. The van der Waals surface area contributed by atoms with E-state index in [9.17, 15) is 18.0 Å². The Morgan fingerprint density at radius 1 is 0.944 bits per heavy atom. The molecule has 1 saturated carbocycles. The van der Waals surface area contributed by atoms with Crippen LogP contribution in [-0.4, -0.2) is 58.1 Å². The Morgan fingerprint density at radius 2 is 1.67 bits per heavy atom. The third kappa shape index (κ3) is 6.61. The molecule has 1 unspecified atom stereocenters. The van der Waals surface area contributed by atoms with Gasteiger partial charge in [0.15, 0.2) is 0 Å². The lowest BCUT2D eigenvalue weighted by Crippen LogP contribution is -2.48. The molecule has 5 nitrogen and oxygen atoms in total. The van der Waals surface area contributed by atoms with Gasteiger partial charge >= 0.3 is 12.1 Å². The van der Waals surface area contributed by atoms with Gasteiger partial charge in [-0.1, -0.05) is 37.5 Å². The Morgan fingerprint density at radius 3 is 2.39 bits per heavy atom. The number of carbonyl (C=O) groups is 2. The third-order valence-corrected chi connectivity index (χ3v) is 8.66. The van der Waals surface area contributed by atoms with E-state index in [1.807, 2.05) is 0 Å². The zero-order chi connectivity index (χ0) is 25.8. The van der Waals surface area contributed by atoms with Crippen LogP contribution < -0.4 is 0 Å². The zero-order valence-corrected chi connectivity index (χ0v) is 21.1. The van der Waals surface area contributed by atoms with E-state index >= 15 is 0 Å². The van der Waals surface area contributed by atoms with Gasteiger partial charge in [0.25, 0.3) is 0 Å². The first-order valence-corrected chi connectivity index (χ1v) is 13.6. The van der Waals surface area contributed by atoms with Crippen molar-refractivity contribution in [1.29, 1.82) is 0 Å². The highest BCUT2D eigenvalue weighted by molar-refractivity contribution is 5.79. The van der Waals surface area contributed by atoms with E-state index in [0.717, 1.165) is 38.4 Å². The van der Waals surface area contributed by atoms with Crippen molar-refractivity contribution in [1.82, 2.24) is 9.80 Å². The van der Waals surface area contributed by atoms with Gasteiger partial charge in [-0.3, -0.25) is 9.69 Å². The Hall–Kier alpha value is -2.09. The summed E-state index contributed by atoms with van der Waals surface area (Å²) in [5.41, 5.74) is 4.82. The van der Waals surface area contributed by atoms with Crippen LogP contribution in [0.25, 0.3) is 0 Å². The molecule has 5 rings (SSSR count). The van der Waals surface area contributed by atoms with Gasteiger partial charge in [0.1, 0.15) is 0 Å². The first-order chi connectivity index (χ1) is 17.2. The molecule has 1 amide bonds. The van der Waals surface area contributed by atoms with Crippen molar-refractivity contribution >= 4 is 11.9 Å². The van der Waals surface area contributed by atoms with E-state index in [-0.39, 0.29) is 5.54 Å². The van der Waals surface area contributed by atoms with E-state index in [1.54, 1.807) is 11.1 Å². The highest BCUT2D eigenvalue weighted by atomic mass is 19.4. The minimum absolute atomic E-state index is 0.168. The number of amides is 1. The fraction of sp³-hybridized carbons (Fsp3) is 0.714. The van der Waals surface area contributed by atoms with Gasteiger partial charge in [0.05, 0.1) is 0 Å². The first kappa shape index (κ1) is 27.0. The predicted octanol–water partition coefficient (Wildman–Crippen LogP) is 5.74. The largest absolute Gasteiger partial charge is 0.490 e. The van der Waals surface area contributed by atoms with Gasteiger partial charge in [-0.15, -0.1) is 0 Å². The molecule has 200 valence electrons. The lowest BCUT2D eigenvalue weighted by Gasteiger charge is -2.41. The number of aliphatic carboxylic acids is 1. The molecule has 4 aliphatic rings. The van der Waals surface area contributed by atoms with Crippen molar-refractivity contribution < 1.29 is 27.9 Å². The highest BCUT2D eigenvalue weighted by Crippen LogP contribution is 2.41. The molecule has 1 aromatic rings. The van der Waals surface area contributed by atoms with Crippen LogP contribution in [0.5, 0.6) is 0 Å². The van der Waals surface area contributed by atoms with Crippen LogP contribution in [0.15, 0.2) is 18.2 Å². The minimum Gasteiger partial charge on any atom is -0.475 e. The van der Waals surface area contributed by atoms with Crippen molar-refractivity contribution in [2.75, 3.05) is 19.6 Å². The van der Waals surface area contributed by atoms with Crippen molar-refractivity contribution in [3.63, 3.8) is 0 Å². The Balaban J connectivity index is 0.000000384. The number of halogens is 3. The number of hydrogen-bond donors (Lipinski definition) is 1. The molecule has 0 radical (unpaired) electrons. The highest BCUT2D eigenvalue weighted by Gasteiger charge is 2.46. The number of hydrogen-bond acceptors (Lipinski definition) is 3. The van der Waals surface area contributed by atoms with Crippen molar-refractivity contribution in [2.45, 2.75) is 102 Å². The van der Waals surface area contributed by atoms with Crippen molar-refractivity contribution in [2.24, 2.45) is 5.92 Å². The molecule has 0 bridgehead atoms. The lowest BCUT2D eigenvalue weighted by molar-refractivity contribution is -0.192. The number of likely N-dealkylation sites (tertiary alicyclic amines) is 2. The van der Waals surface area contributed by atoms with Gasteiger partial charge in [-0.2, -0.15) is 13.2 Å². The van der Waals surface area contributed by atoms with Crippen LogP contribution in [0.1, 0.15) is 87.3 Å². The molecule has 0 aromatic heterocycles. The summed E-state index contributed by atoms with van der Waals surface area (Å²) >= 11 is 0. The maximum Gasteiger partial charge on any atom is 0.490 e. The van der Waals surface area contributed by atoms with E-state index < -0.39 is 12.1 Å². The topological polar surface area (TPSA) is 60.9 Å². The molecule has 1 spiro atoms. The Bertz CT molecular complexity index is 929. The number of aryl methyl sites for hydroxylation is 2. The van der Waals surface area contributed by atoms with E-state index in [4.69, 9.17) is 9.90 Å². The average Bonchev–Trinajstić information content (AvgIpc) is 3.36. The van der Waals surface area contributed by atoms with E-state index in [2.05, 4.69) is 28.0 Å². The Labute approximate surface area is 212 Å². The van der Waals surface area contributed by atoms with Crippen LogP contribution in [-0.2, 0) is 29.0 Å². The molecule has 2 aliphatic heterocycles. The van der Waals surface area contributed by atoms with Crippen molar-refractivity contribution in [3.05, 3.63) is 34.9 Å². The molecule has 2 heterocycles. The van der Waals surface area contributed by atoms with Gasteiger partial charge in [0.2, 0.25) is 5.91 Å². The van der Waals surface area contributed by atoms with Gasteiger partial charge in [-0.05, 0) is 86.9 Å². The second-order valence-electron chi connectivity index (χ2n) is 11.1. The summed E-state index contributed by atoms with van der Waals surface area (Å²) in [5.74, 6) is -1.55. The van der Waals surface area contributed by atoms with E-state index in [1.165, 1.54) is 82.7 Å². The molecule has 2 saturated heterocycles. The molecule has 36 heavy (non-hydrogen) atoms. The smallest absolute Gasteiger partial charge is 0.475 e. The summed E-state index contributed by atoms with van der Waals surface area (Å²) in [7, 11) is 0. The SMILES string of the molecule is O=C(O)C(F)(F)F.O=C1CCC2(CCCN(Cc3ccc4c(c3)CCC4)CC2)N1CC1CCCCC1. The van der Waals surface area contributed by atoms with Gasteiger partial charge in [0, 0.05) is 31.6 Å². The number of rotatable bonds is 4. The van der Waals surface area contributed by atoms with Crippen LogP contribution in [0.4, 0.5) is 13.2 Å². The summed E-state index contributed by atoms with van der Waals surface area (Å²) in [6.45, 7) is 4.46. The summed E-state index contributed by atoms with van der Waals surface area (Å²) in [6.07, 6.45) is 11.1. The molecular weight excluding hydrogens is 469 g/mol. The maximum absolute atomic E-state index is 12.8. The number of carboxylic acids is 1. The number of fused-ring (bicyclic) bond motifs is 1. The monoisotopic (exact) mass is 508 g/mol. The average molecular weight is 509 g/mol. The summed E-state index contributed by atoms with van der Waals surface area (Å²) in [6, 6.07) is 7.20. The molecule has 3 fully saturated rings. The number of carboxylic acid groups (broad SMARTS) is 1. The van der Waals surface area contributed by atoms with Crippen LogP contribution in [0.2, 0.25) is 0 Å². The predicted molar refractivity (Wildman–Crippen MR) is 132 cm³/mol. The van der Waals surface area contributed by atoms with Crippen molar-refractivity contribution in [3.8, 4) is 0 Å². The zero-order valence-electron chi connectivity index (χ0n) is 21.1. The van der Waals surface area contributed by atoms with Gasteiger partial charge < -0.3 is 10.0 Å². The fourth-order valence-corrected chi connectivity index (χ4v) is 6.69.